The molecule has 0 aromatic heterocycles. The molecular formula is C14H16O2Si. The highest BCUT2D eigenvalue weighted by Crippen LogP contribution is 2.12. The second-order valence-corrected chi connectivity index (χ2v) is 5.89. The molecule has 0 amide bonds. The van der Waals surface area contributed by atoms with Crippen molar-refractivity contribution < 1.29 is 10.2 Å². The Morgan fingerprint density at radius 3 is 1.35 bits per heavy atom. The summed E-state index contributed by atoms with van der Waals surface area (Å²) in [4.78, 5) is 0. The van der Waals surface area contributed by atoms with Crippen LogP contribution in [0.25, 0.3) is 0 Å². The molecule has 17 heavy (non-hydrogen) atoms. The topological polar surface area (TPSA) is 40.5 Å². The first kappa shape index (κ1) is 11.7. The van der Waals surface area contributed by atoms with Crippen molar-refractivity contribution in [1.29, 1.82) is 0 Å². The molecule has 0 spiro atoms. The maximum absolute atomic E-state index is 9.17. The van der Waals surface area contributed by atoms with Crippen molar-refractivity contribution in [2.45, 2.75) is 12.1 Å². The molecule has 0 aliphatic heterocycles. The van der Waals surface area contributed by atoms with Crippen LogP contribution in [-0.4, -0.2) is 19.7 Å². The Labute approximate surface area is 103 Å². The van der Waals surface area contributed by atoms with E-state index in [1.165, 1.54) is 11.1 Å². The molecule has 2 rings (SSSR count). The van der Waals surface area contributed by atoms with Gasteiger partial charge >= 0.3 is 0 Å². The van der Waals surface area contributed by atoms with Crippen molar-refractivity contribution in [1.82, 2.24) is 0 Å². The van der Waals surface area contributed by atoms with E-state index >= 15 is 0 Å². The molecule has 2 nitrogen and oxygen atoms in total. The van der Waals surface area contributed by atoms with Gasteiger partial charge in [-0.1, -0.05) is 35.4 Å². The van der Waals surface area contributed by atoms with Gasteiger partial charge in [0.1, 0.15) is 11.5 Å². The van der Waals surface area contributed by atoms with Gasteiger partial charge in [-0.3, -0.25) is 0 Å². The van der Waals surface area contributed by atoms with Crippen molar-refractivity contribution in [2.24, 2.45) is 0 Å². The first-order valence-corrected chi connectivity index (χ1v) is 7.80. The summed E-state index contributed by atoms with van der Waals surface area (Å²) in [5.41, 5.74) is 2.60. The summed E-state index contributed by atoms with van der Waals surface area (Å²) in [6.45, 7) is 0. The molecule has 0 saturated carbocycles. The zero-order chi connectivity index (χ0) is 12.1. The van der Waals surface area contributed by atoms with Crippen LogP contribution in [0.2, 0.25) is 0 Å². The van der Waals surface area contributed by atoms with Gasteiger partial charge in [-0.15, -0.1) is 0 Å². The largest absolute Gasteiger partial charge is 0.508 e. The van der Waals surface area contributed by atoms with Gasteiger partial charge in [0.2, 0.25) is 0 Å². The van der Waals surface area contributed by atoms with Crippen LogP contribution in [0.15, 0.2) is 48.5 Å². The number of hydrogen-bond acceptors (Lipinski definition) is 2. The molecule has 0 fully saturated rings. The molecule has 0 heterocycles. The Hall–Kier alpha value is -1.74. The first-order valence-electron chi connectivity index (χ1n) is 5.80. The summed E-state index contributed by atoms with van der Waals surface area (Å²) < 4.78 is 0. The maximum atomic E-state index is 9.17. The van der Waals surface area contributed by atoms with E-state index in [1.54, 1.807) is 24.3 Å². The third kappa shape index (κ3) is 3.64. The maximum Gasteiger partial charge on any atom is 0.115 e. The number of benzene rings is 2. The van der Waals surface area contributed by atoms with Gasteiger partial charge in [-0.2, -0.15) is 0 Å². The van der Waals surface area contributed by atoms with E-state index in [0.29, 0.717) is 11.5 Å². The molecule has 2 aromatic carbocycles. The molecule has 88 valence electrons. The fraction of sp³-hybridized carbons (Fsp3) is 0.143. The summed E-state index contributed by atoms with van der Waals surface area (Å²) in [7, 11) is -0.173. The molecule has 0 radical (unpaired) electrons. The van der Waals surface area contributed by atoms with Crippen LogP contribution in [0.3, 0.4) is 0 Å². The lowest BCUT2D eigenvalue weighted by atomic mass is 10.2. The number of aromatic hydroxyl groups is 2. The minimum Gasteiger partial charge on any atom is -0.508 e. The molecule has 0 aliphatic carbocycles. The fourth-order valence-corrected chi connectivity index (χ4v) is 3.48. The van der Waals surface area contributed by atoms with Crippen molar-refractivity contribution in [3.8, 4) is 11.5 Å². The Morgan fingerprint density at radius 2 is 1.00 bits per heavy atom. The second kappa shape index (κ2) is 5.55. The second-order valence-electron chi connectivity index (χ2n) is 4.19. The summed E-state index contributed by atoms with van der Waals surface area (Å²) in [5, 5.41) is 18.3. The van der Waals surface area contributed by atoms with Gasteiger partial charge in [0, 0.05) is 9.52 Å². The SMILES string of the molecule is Oc1ccc(C[SiH2]Cc2ccc(O)cc2)cc1. The highest BCUT2D eigenvalue weighted by Gasteiger charge is 1.97. The average Bonchev–Trinajstić information content (AvgIpc) is 2.34. The van der Waals surface area contributed by atoms with E-state index < -0.39 is 0 Å². The van der Waals surface area contributed by atoms with Gasteiger partial charge < -0.3 is 10.2 Å². The summed E-state index contributed by atoms with van der Waals surface area (Å²) in [5.74, 6) is 0.655. The van der Waals surface area contributed by atoms with Crippen LogP contribution in [-0.2, 0) is 12.1 Å². The monoisotopic (exact) mass is 244 g/mol. The van der Waals surface area contributed by atoms with Crippen molar-refractivity contribution in [3.05, 3.63) is 59.7 Å². The summed E-state index contributed by atoms with van der Waals surface area (Å²) in [6.07, 6.45) is 0. The van der Waals surface area contributed by atoms with Gasteiger partial charge in [0.25, 0.3) is 0 Å². The van der Waals surface area contributed by atoms with E-state index in [1.807, 2.05) is 24.3 Å². The predicted octanol–water partition coefficient (Wildman–Crippen LogP) is 1.97. The summed E-state index contributed by atoms with van der Waals surface area (Å²) >= 11 is 0. The van der Waals surface area contributed by atoms with Crippen LogP contribution in [0.4, 0.5) is 0 Å². The van der Waals surface area contributed by atoms with Crippen LogP contribution >= 0.6 is 0 Å². The fourth-order valence-electron chi connectivity index (χ4n) is 1.82. The lowest BCUT2D eigenvalue weighted by Gasteiger charge is -2.02. The van der Waals surface area contributed by atoms with Gasteiger partial charge in [-0.25, -0.2) is 0 Å². The van der Waals surface area contributed by atoms with E-state index in [9.17, 15) is 10.2 Å². The van der Waals surface area contributed by atoms with E-state index in [2.05, 4.69) is 0 Å². The van der Waals surface area contributed by atoms with Crippen molar-refractivity contribution in [2.75, 3.05) is 0 Å². The van der Waals surface area contributed by atoms with E-state index in [-0.39, 0.29) is 9.52 Å². The normalized spacial score (nSPS) is 10.4. The zero-order valence-corrected chi connectivity index (χ0v) is 11.0. The minimum atomic E-state index is -0.173. The third-order valence-electron chi connectivity index (χ3n) is 2.80. The highest BCUT2D eigenvalue weighted by molar-refractivity contribution is 6.34. The smallest absolute Gasteiger partial charge is 0.115 e. The molecule has 0 aliphatic rings. The lowest BCUT2D eigenvalue weighted by Crippen LogP contribution is -2.01. The standard InChI is InChI=1S/C14H16O2Si/c15-13-5-1-11(2-6-13)9-17-10-12-3-7-14(16)8-4-12/h1-8,15-16H,9-10,17H2. The quantitative estimate of drug-likeness (QED) is 0.807. The van der Waals surface area contributed by atoms with E-state index in [0.717, 1.165) is 12.1 Å². The molecule has 3 heteroatoms. The average molecular weight is 244 g/mol. The number of rotatable bonds is 4. The molecule has 0 bridgehead atoms. The molecule has 2 N–H and O–H groups in total. The lowest BCUT2D eigenvalue weighted by molar-refractivity contribution is 0.474. The Bertz CT molecular complexity index is 417. The van der Waals surface area contributed by atoms with Crippen LogP contribution in [0, 0.1) is 0 Å². The van der Waals surface area contributed by atoms with Crippen LogP contribution < -0.4 is 0 Å². The van der Waals surface area contributed by atoms with Crippen LogP contribution in [0.1, 0.15) is 11.1 Å². The Kier molecular flexibility index (Phi) is 3.83. The zero-order valence-electron chi connectivity index (χ0n) is 9.63. The van der Waals surface area contributed by atoms with E-state index in [4.69, 9.17) is 0 Å². The molecular weight excluding hydrogens is 228 g/mol. The Morgan fingerprint density at radius 1 is 0.647 bits per heavy atom. The third-order valence-corrected chi connectivity index (χ3v) is 4.67. The number of phenols is 2. The molecule has 0 atom stereocenters. The number of phenolic OH excluding ortho intramolecular Hbond substituents is 2. The van der Waals surface area contributed by atoms with Gasteiger partial charge in [0.05, 0.1) is 0 Å². The molecule has 0 saturated heterocycles. The first-order chi connectivity index (χ1) is 8.24. The molecule has 0 unspecified atom stereocenters. The van der Waals surface area contributed by atoms with Crippen molar-refractivity contribution in [3.63, 3.8) is 0 Å². The highest BCUT2D eigenvalue weighted by atomic mass is 28.2. The number of hydrogen-bond donors (Lipinski definition) is 2. The van der Waals surface area contributed by atoms with Crippen LogP contribution in [0.5, 0.6) is 11.5 Å². The minimum absolute atomic E-state index is 0.173. The van der Waals surface area contributed by atoms with Crippen molar-refractivity contribution >= 4 is 9.52 Å². The predicted molar refractivity (Wildman–Crippen MR) is 72.2 cm³/mol. The van der Waals surface area contributed by atoms with Gasteiger partial charge in [0.15, 0.2) is 0 Å². The Balaban J connectivity index is 1.83. The summed E-state index contributed by atoms with van der Waals surface area (Å²) in [6, 6.07) is 17.2. The van der Waals surface area contributed by atoms with Gasteiger partial charge in [-0.05, 0) is 36.4 Å². The molecule has 2 aromatic rings.